The second kappa shape index (κ2) is 10.0. The van der Waals surface area contributed by atoms with E-state index in [9.17, 15) is 4.79 Å². The lowest BCUT2D eigenvalue weighted by atomic mass is 10.3. The Bertz CT molecular complexity index is 968. The van der Waals surface area contributed by atoms with Crippen LogP contribution in [0.2, 0.25) is 0 Å². The van der Waals surface area contributed by atoms with Crippen molar-refractivity contribution in [1.82, 2.24) is 14.8 Å². The quantitative estimate of drug-likeness (QED) is 0.495. The predicted molar refractivity (Wildman–Crippen MR) is 122 cm³/mol. The van der Waals surface area contributed by atoms with Crippen molar-refractivity contribution in [3.8, 4) is 11.4 Å². The molecule has 0 saturated heterocycles. The lowest BCUT2D eigenvalue weighted by Gasteiger charge is -2.10. The predicted octanol–water partition coefficient (Wildman–Crippen LogP) is 5.04. The zero-order valence-electron chi connectivity index (χ0n) is 16.8. The molecule has 1 N–H and O–H groups in total. The van der Waals surface area contributed by atoms with Gasteiger partial charge in [-0.05, 0) is 61.4 Å². The number of thioether (sulfide) groups is 2. The first-order valence-electron chi connectivity index (χ1n) is 9.95. The first kappa shape index (κ1) is 20.8. The minimum atomic E-state index is -0.0690. The van der Waals surface area contributed by atoms with Gasteiger partial charge in [-0.25, -0.2) is 0 Å². The Morgan fingerprint density at radius 3 is 2.57 bits per heavy atom. The van der Waals surface area contributed by atoms with Gasteiger partial charge in [0.15, 0.2) is 5.16 Å². The second-order valence-corrected chi connectivity index (χ2v) is 9.38. The van der Waals surface area contributed by atoms with Crippen molar-refractivity contribution in [3.05, 3.63) is 54.9 Å². The molecule has 0 atom stereocenters. The highest BCUT2D eigenvalue weighted by Crippen LogP contribution is 2.35. The Hall–Kier alpha value is -2.45. The van der Waals surface area contributed by atoms with E-state index in [1.54, 1.807) is 13.4 Å². The van der Waals surface area contributed by atoms with Gasteiger partial charge >= 0.3 is 0 Å². The maximum atomic E-state index is 12.4. The van der Waals surface area contributed by atoms with Crippen LogP contribution in [0.1, 0.15) is 25.7 Å². The molecule has 0 spiro atoms. The summed E-state index contributed by atoms with van der Waals surface area (Å²) in [4.78, 5) is 13.7. The van der Waals surface area contributed by atoms with Crippen LogP contribution in [0.25, 0.3) is 5.69 Å². The summed E-state index contributed by atoms with van der Waals surface area (Å²) in [5, 5.41) is 12.5. The maximum Gasteiger partial charge on any atom is 0.234 e. The molecule has 1 amide bonds. The van der Waals surface area contributed by atoms with Gasteiger partial charge in [-0.15, -0.1) is 22.0 Å². The summed E-state index contributed by atoms with van der Waals surface area (Å²) in [6.07, 6.45) is 6.94. The minimum Gasteiger partial charge on any atom is -0.497 e. The molecule has 0 bridgehead atoms. The highest BCUT2D eigenvalue weighted by Gasteiger charge is 2.16. The number of carbonyl (C=O) groups is 1. The van der Waals surface area contributed by atoms with Crippen LogP contribution >= 0.6 is 23.5 Å². The molecule has 1 saturated carbocycles. The Morgan fingerprint density at radius 2 is 1.87 bits per heavy atom. The van der Waals surface area contributed by atoms with Gasteiger partial charge in [-0.2, -0.15) is 0 Å². The standard InChI is InChI=1S/C22H24N4O2S2/c1-28-18-10-8-17(9-11-18)26-15-23-25-22(26)29-14-21(27)24-16-6-12-20(13-7-16)30-19-4-2-3-5-19/h6-13,15,19H,2-5,14H2,1H3,(H,24,27). The lowest BCUT2D eigenvalue weighted by Crippen LogP contribution is -2.14. The van der Waals surface area contributed by atoms with Gasteiger partial charge in [0.05, 0.1) is 12.9 Å². The van der Waals surface area contributed by atoms with Crippen molar-refractivity contribution in [2.75, 3.05) is 18.2 Å². The van der Waals surface area contributed by atoms with E-state index in [4.69, 9.17) is 4.74 Å². The van der Waals surface area contributed by atoms with Crippen molar-refractivity contribution in [1.29, 1.82) is 0 Å². The summed E-state index contributed by atoms with van der Waals surface area (Å²) < 4.78 is 7.05. The largest absolute Gasteiger partial charge is 0.497 e. The topological polar surface area (TPSA) is 69.0 Å². The highest BCUT2D eigenvalue weighted by atomic mass is 32.2. The molecular formula is C22H24N4O2S2. The van der Waals surface area contributed by atoms with E-state index in [1.807, 2.05) is 52.7 Å². The molecule has 0 aliphatic heterocycles. The van der Waals surface area contributed by atoms with E-state index in [-0.39, 0.29) is 11.7 Å². The zero-order valence-corrected chi connectivity index (χ0v) is 18.4. The zero-order chi connectivity index (χ0) is 20.8. The van der Waals surface area contributed by atoms with Crippen molar-refractivity contribution in [3.63, 3.8) is 0 Å². The highest BCUT2D eigenvalue weighted by molar-refractivity contribution is 8.00. The van der Waals surface area contributed by atoms with Crippen molar-refractivity contribution >= 4 is 35.1 Å². The van der Waals surface area contributed by atoms with E-state index < -0.39 is 0 Å². The van der Waals surface area contributed by atoms with Gasteiger partial charge < -0.3 is 10.1 Å². The number of rotatable bonds is 8. The van der Waals surface area contributed by atoms with Gasteiger partial charge in [-0.1, -0.05) is 24.6 Å². The summed E-state index contributed by atoms with van der Waals surface area (Å²) in [7, 11) is 1.63. The van der Waals surface area contributed by atoms with Crippen LogP contribution in [-0.4, -0.2) is 38.8 Å². The monoisotopic (exact) mass is 440 g/mol. The van der Waals surface area contributed by atoms with E-state index in [1.165, 1.54) is 42.3 Å². The number of hydrogen-bond acceptors (Lipinski definition) is 6. The van der Waals surface area contributed by atoms with Crippen LogP contribution < -0.4 is 10.1 Å². The fraction of sp³-hybridized carbons (Fsp3) is 0.318. The average molecular weight is 441 g/mol. The number of carbonyl (C=O) groups excluding carboxylic acids is 1. The molecule has 6 nitrogen and oxygen atoms in total. The van der Waals surface area contributed by atoms with Crippen LogP contribution in [0, 0.1) is 0 Å². The first-order valence-corrected chi connectivity index (χ1v) is 11.8. The fourth-order valence-electron chi connectivity index (χ4n) is 3.39. The summed E-state index contributed by atoms with van der Waals surface area (Å²) in [6, 6.07) is 15.7. The molecule has 30 heavy (non-hydrogen) atoms. The Morgan fingerprint density at radius 1 is 1.13 bits per heavy atom. The molecule has 4 rings (SSSR count). The van der Waals surface area contributed by atoms with Crippen molar-refractivity contribution in [2.24, 2.45) is 0 Å². The number of benzene rings is 2. The van der Waals surface area contributed by atoms with E-state index in [2.05, 4.69) is 27.6 Å². The number of methoxy groups -OCH3 is 1. The third-order valence-corrected chi connectivity index (χ3v) is 7.23. The summed E-state index contributed by atoms with van der Waals surface area (Å²) in [5.74, 6) is 0.974. The molecule has 3 aromatic rings. The fourth-order valence-corrected chi connectivity index (χ4v) is 5.36. The van der Waals surface area contributed by atoms with Crippen LogP contribution in [0.5, 0.6) is 5.75 Å². The lowest BCUT2D eigenvalue weighted by molar-refractivity contribution is -0.113. The number of hydrogen-bond donors (Lipinski definition) is 1. The molecule has 1 aliphatic rings. The molecule has 156 valence electrons. The molecule has 2 aromatic carbocycles. The second-order valence-electron chi connectivity index (χ2n) is 7.07. The third-order valence-electron chi connectivity index (χ3n) is 4.94. The van der Waals surface area contributed by atoms with Gasteiger partial charge in [0.1, 0.15) is 12.1 Å². The van der Waals surface area contributed by atoms with Crippen molar-refractivity contribution in [2.45, 2.75) is 41.0 Å². The molecule has 1 heterocycles. The molecule has 1 aromatic heterocycles. The molecule has 1 aliphatic carbocycles. The number of anilines is 1. The number of aromatic nitrogens is 3. The maximum absolute atomic E-state index is 12.4. The molecule has 1 fully saturated rings. The number of amides is 1. The summed E-state index contributed by atoms with van der Waals surface area (Å²) in [6.45, 7) is 0. The number of nitrogens with zero attached hydrogens (tertiary/aromatic N) is 3. The van der Waals surface area contributed by atoms with Gasteiger partial charge in [0.25, 0.3) is 0 Å². The molecule has 8 heteroatoms. The molecular weight excluding hydrogens is 416 g/mol. The van der Waals surface area contributed by atoms with E-state index >= 15 is 0 Å². The summed E-state index contributed by atoms with van der Waals surface area (Å²) >= 11 is 3.30. The van der Waals surface area contributed by atoms with Gasteiger partial charge in [-0.3, -0.25) is 9.36 Å². The molecule has 0 unspecified atom stereocenters. The SMILES string of the molecule is COc1ccc(-n2cnnc2SCC(=O)Nc2ccc(SC3CCCC3)cc2)cc1. The van der Waals surface area contributed by atoms with E-state index in [0.29, 0.717) is 5.16 Å². The van der Waals surface area contributed by atoms with Crippen LogP contribution in [-0.2, 0) is 4.79 Å². The van der Waals surface area contributed by atoms with Gasteiger partial charge in [0.2, 0.25) is 5.91 Å². The van der Waals surface area contributed by atoms with E-state index in [0.717, 1.165) is 22.4 Å². The van der Waals surface area contributed by atoms with Crippen LogP contribution in [0.4, 0.5) is 5.69 Å². The average Bonchev–Trinajstić information content (AvgIpc) is 3.46. The number of ether oxygens (including phenoxy) is 1. The third kappa shape index (κ3) is 5.37. The van der Waals surface area contributed by atoms with Gasteiger partial charge in [0, 0.05) is 21.5 Å². The Balaban J connectivity index is 1.30. The normalized spacial score (nSPS) is 14.0. The smallest absolute Gasteiger partial charge is 0.234 e. The first-order chi connectivity index (χ1) is 14.7. The Labute approximate surface area is 184 Å². The van der Waals surface area contributed by atoms with Crippen LogP contribution in [0.3, 0.4) is 0 Å². The Kier molecular flexibility index (Phi) is 6.96. The number of nitrogens with one attached hydrogen (secondary N) is 1. The molecule has 0 radical (unpaired) electrons. The van der Waals surface area contributed by atoms with Crippen molar-refractivity contribution < 1.29 is 9.53 Å². The minimum absolute atomic E-state index is 0.0690. The summed E-state index contributed by atoms with van der Waals surface area (Å²) in [5.41, 5.74) is 1.73. The van der Waals surface area contributed by atoms with Crippen LogP contribution in [0.15, 0.2) is 64.9 Å².